The predicted octanol–water partition coefficient (Wildman–Crippen LogP) is 0.0616. The summed E-state index contributed by atoms with van der Waals surface area (Å²) < 4.78 is 0. The van der Waals surface area contributed by atoms with Crippen LogP contribution in [0.4, 0.5) is 0 Å². The fourth-order valence-corrected chi connectivity index (χ4v) is 1.91. The fourth-order valence-electron chi connectivity index (χ4n) is 1.91. The Morgan fingerprint density at radius 2 is 2.27 bits per heavy atom. The third-order valence-corrected chi connectivity index (χ3v) is 2.63. The average Bonchev–Trinajstić information content (AvgIpc) is 2.61. The number of carbonyl (C=O) groups is 2. The second-order valence-corrected chi connectivity index (χ2v) is 3.76. The van der Waals surface area contributed by atoms with Crippen LogP contribution < -0.4 is 5.32 Å². The SMILES string of the molecule is CCNCC(=O)N1CCCC1CC(=O)O. The van der Waals surface area contributed by atoms with E-state index in [-0.39, 0.29) is 18.4 Å². The molecule has 1 aliphatic rings. The number of rotatable bonds is 5. The first kappa shape index (κ1) is 12.0. The van der Waals surface area contributed by atoms with Gasteiger partial charge in [0.15, 0.2) is 0 Å². The van der Waals surface area contributed by atoms with Crippen molar-refractivity contribution in [1.82, 2.24) is 10.2 Å². The number of nitrogens with one attached hydrogen (secondary N) is 1. The molecule has 0 aromatic rings. The highest BCUT2D eigenvalue weighted by atomic mass is 16.4. The lowest BCUT2D eigenvalue weighted by atomic mass is 10.1. The van der Waals surface area contributed by atoms with Crippen LogP contribution in [0.15, 0.2) is 0 Å². The molecule has 1 rings (SSSR count). The zero-order valence-corrected chi connectivity index (χ0v) is 9.03. The molecule has 1 unspecified atom stereocenters. The van der Waals surface area contributed by atoms with Crippen LogP contribution in [0.1, 0.15) is 26.2 Å². The van der Waals surface area contributed by atoms with Crippen LogP contribution in [0.5, 0.6) is 0 Å². The van der Waals surface area contributed by atoms with Crippen LogP contribution >= 0.6 is 0 Å². The number of carboxylic acid groups (broad SMARTS) is 1. The Balaban J connectivity index is 2.44. The molecule has 1 aliphatic heterocycles. The minimum atomic E-state index is -0.830. The van der Waals surface area contributed by atoms with Crippen molar-refractivity contribution in [2.75, 3.05) is 19.6 Å². The van der Waals surface area contributed by atoms with Gasteiger partial charge in [-0.15, -0.1) is 0 Å². The van der Waals surface area contributed by atoms with Crippen LogP contribution in [-0.2, 0) is 9.59 Å². The molecule has 2 N–H and O–H groups in total. The summed E-state index contributed by atoms with van der Waals surface area (Å²) in [6, 6.07) is -0.103. The molecule has 1 heterocycles. The van der Waals surface area contributed by atoms with E-state index in [1.165, 1.54) is 0 Å². The lowest BCUT2D eigenvalue weighted by molar-refractivity contribution is -0.139. The van der Waals surface area contributed by atoms with Gasteiger partial charge in [-0.3, -0.25) is 9.59 Å². The number of hydrogen-bond donors (Lipinski definition) is 2. The molecule has 0 aromatic heterocycles. The van der Waals surface area contributed by atoms with Gasteiger partial charge >= 0.3 is 5.97 Å². The summed E-state index contributed by atoms with van der Waals surface area (Å²) in [5, 5.41) is 11.7. The molecular weight excluding hydrogens is 196 g/mol. The topological polar surface area (TPSA) is 69.6 Å². The smallest absolute Gasteiger partial charge is 0.305 e. The summed E-state index contributed by atoms with van der Waals surface area (Å²) in [4.78, 5) is 23.9. The summed E-state index contributed by atoms with van der Waals surface area (Å²) in [6.45, 7) is 3.70. The molecule has 0 radical (unpaired) electrons. The largest absolute Gasteiger partial charge is 0.481 e. The molecule has 0 bridgehead atoms. The van der Waals surface area contributed by atoms with E-state index in [2.05, 4.69) is 5.32 Å². The van der Waals surface area contributed by atoms with Crippen LogP contribution in [0.3, 0.4) is 0 Å². The number of likely N-dealkylation sites (N-methyl/N-ethyl adjacent to an activating group) is 1. The van der Waals surface area contributed by atoms with Crippen LogP contribution in [0.25, 0.3) is 0 Å². The molecule has 5 heteroatoms. The summed E-state index contributed by atoms with van der Waals surface area (Å²) in [5.41, 5.74) is 0. The van der Waals surface area contributed by atoms with Crippen molar-refractivity contribution < 1.29 is 14.7 Å². The van der Waals surface area contributed by atoms with E-state index in [9.17, 15) is 9.59 Å². The summed E-state index contributed by atoms with van der Waals surface area (Å²) >= 11 is 0. The van der Waals surface area contributed by atoms with Crippen molar-refractivity contribution in [2.45, 2.75) is 32.2 Å². The molecule has 15 heavy (non-hydrogen) atoms. The Hall–Kier alpha value is -1.10. The molecule has 1 atom stereocenters. The Kier molecular flexibility index (Phi) is 4.55. The normalized spacial score (nSPS) is 20.6. The zero-order chi connectivity index (χ0) is 11.3. The molecule has 0 aliphatic carbocycles. The van der Waals surface area contributed by atoms with E-state index >= 15 is 0 Å². The number of hydrogen-bond acceptors (Lipinski definition) is 3. The van der Waals surface area contributed by atoms with E-state index in [0.29, 0.717) is 13.1 Å². The first-order chi connectivity index (χ1) is 7.15. The monoisotopic (exact) mass is 214 g/mol. The number of carboxylic acids is 1. The highest BCUT2D eigenvalue weighted by Crippen LogP contribution is 2.19. The van der Waals surface area contributed by atoms with Crippen LogP contribution in [0.2, 0.25) is 0 Å². The van der Waals surface area contributed by atoms with Gasteiger partial charge in [-0.2, -0.15) is 0 Å². The van der Waals surface area contributed by atoms with Crippen LogP contribution in [-0.4, -0.2) is 47.6 Å². The average molecular weight is 214 g/mol. The minimum absolute atomic E-state index is 0.0144. The van der Waals surface area contributed by atoms with E-state index in [0.717, 1.165) is 19.4 Å². The maximum atomic E-state index is 11.7. The Morgan fingerprint density at radius 1 is 1.53 bits per heavy atom. The van der Waals surface area contributed by atoms with Gasteiger partial charge in [-0.05, 0) is 19.4 Å². The van der Waals surface area contributed by atoms with Crippen molar-refractivity contribution in [3.8, 4) is 0 Å². The molecule has 0 aromatic carbocycles. The third kappa shape index (κ3) is 3.51. The van der Waals surface area contributed by atoms with Crippen molar-refractivity contribution in [1.29, 1.82) is 0 Å². The number of carbonyl (C=O) groups excluding carboxylic acids is 1. The fraction of sp³-hybridized carbons (Fsp3) is 0.800. The number of nitrogens with zero attached hydrogens (tertiary/aromatic N) is 1. The van der Waals surface area contributed by atoms with E-state index in [1.807, 2.05) is 6.92 Å². The molecular formula is C10H18N2O3. The lowest BCUT2D eigenvalue weighted by Gasteiger charge is -2.23. The van der Waals surface area contributed by atoms with Crippen molar-refractivity contribution in [2.24, 2.45) is 0 Å². The Morgan fingerprint density at radius 3 is 2.87 bits per heavy atom. The van der Waals surface area contributed by atoms with Gasteiger partial charge in [0, 0.05) is 12.6 Å². The minimum Gasteiger partial charge on any atom is -0.481 e. The zero-order valence-electron chi connectivity index (χ0n) is 9.03. The number of likely N-dealkylation sites (tertiary alicyclic amines) is 1. The second-order valence-electron chi connectivity index (χ2n) is 3.76. The van der Waals surface area contributed by atoms with Gasteiger partial charge in [0.2, 0.25) is 5.91 Å². The van der Waals surface area contributed by atoms with Gasteiger partial charge in [0.25, 0.3) is 0 Å². The third-order valence-electron chi connectivity index (χ3n) is 2.63. The van der Waals surface area contributed by atoms with E-state index < -0.39 is 5.97 Å². The quantitative estimate of drug-likeness (QED) is 0.679. The van der Waals surface area contributed by atoms with Gasteiger partial charge in [0.05, 0.1) is 13.0 Å². The number of aliphatic carboxylic acids is 1. The molecule has 86 valence electrons. The lowest BCUT2D eigenvalue weighted by Crippen LogP contribution is -2.41. The first-order valence-corrected chi connectivity index (χ1v) is 5.37. The molecule has 0 saturated carbocycles. The summed E-state index contributed by atoms with van der Waals surface area (Å²) in [6.07, 6.45) is 1.79. The Labute approximate surface area is 89.4 Å². The highest BCUT2D eigenvalue weighted by Gasteiger charge is 2.29. The van der Waals surface area contributed by atoms with Crippen molar-refractivity contribution in [3.63, 3.8) is 0 Å². The summed E-state index contributed by atoms with van der Waals surface area (Å²) in [7, 11) is 0. The van der Waals surface area contributed by atoms with Gasteiger partial charge in [-0.1, -0.05) is 6.92 Å². The maximum Gasteiger partial charge on any atom is 0.305 e. The number of amides is 1. The van der Waals surface area contributed by atoms with Crippen molar-refractivity contribution in [3.05, 3.63) is 0 Å². The molecule has 0 spiro atoms. The van der Waals surface area contributed by atoms with Crippen LogP contribution in [0, 0.1) is 0 Å². The first-order valence-electron chi connectivity index (χ1n) is 5.37. The Bertz CT molecular complexity index is 243. The van der Waals surface area contributed by atoms with E-state index in [4.69, 9.17) is 5.11 Å². The highest BCUT2D eigenvalue weighted by molar-refractivity contribution is 5.79. The standard InChI is InChI=1S/C10H18N2O3/c1-2-11-7-9(13)12-5-3-4-8(12)6-10(14)15/h8,11H,2-7H2,1H3,(H,14,15). The van der Waals surface area contributed by atoms with E-state index in [1.54, 1.807) is 4.90 Å². The summed E-state index contributed by atoms with van der Waals surface area (Å²) in [5.74, 6) is -0.816. The predicted molar refractivity (Wildman–Crippen MR) is 55.5 cm³/mol. The maximum absolute atomic E-state index is 11.7. The van der Waals surface area contributed by atoms with Gasteiger partial charge in [0.1, 0.15) is 0 Å². The van der Waals surface area contributed by atoms with Gasteiger partial charge in [-0.25, -0.2) is 0 Å². The van der Waals surface area contributed by atoms with Crippen molar-refractivity contribution >= 4 is 11.9 Å². The van der Waals surface area contributed by atoms with Gasteiger partial charge < -0.3 is 15.3 Å². The molecule has 1 amide bonds. The molecule has 1 fully saturated rings. The second kappa shape index (κ2) is 5.70. The molecule has 1 saturated heterocycles. The molecule has 5 nitrogen and oxygen atoms in total.